The number of aliphatic hydroxyl groups excluding tert-OH is 1. The van der Waals surface area contributed by atoms with E-state index >= 15 is 0 Å². The summed E-state index contributed by atoms with van der Waals surface area (Å²) in [5.41, 5.74) is 1.17. The normalized spacial score (nSPS) is 13.6. The average Bonchev–Trinajstić information content (AvgIpc) is 3.02. The maximum Gasteiger partial charge on any atom is 0.230 e. The second-order valence-electron chi connectivity index (χ2n) is 5.93. The first-order valence-corrected chi connectivity index (χ1v) is 8.74. The molecule has 0 saturated carbocycles. The molecule has 0 aliphatic carbocycles. The second-order valence-corrected chi connectivity index (χ2v) is 7.04. The summed E-state index contributed by atoms with van der Waals surface area (Å²) in [6, 6.07) is 17.7. The number of hydrogen-bond acceptors (Lipinski definition) is 4. The van der Waals surface area contributed by atoms with Crippen LogP contribution in [-0.2, 0) is 16.6 Å². The van der Waals surface area contributed by atoms with Crippen molar-refractivity contribution in [2.75, 3.05) is 13.2 Å². The molecule has 4 nitrogen and oxygen atoms in total. The van der Waals surface area contributed by atoms with Gasteiger partial charge in [0.05, 0.1) is 27.2 Å². The van der Waals surface area contributed by atoms with Gasteiger partial charge >= 0.3 is 0 Å². The van der Waals surface area contributed by atoms with E-state index in [0.29, 0.717) is 6.42 Å². The number of amides is 1. The lowest BCUT2D eigenvalue weighted by Gasteiger charge is -2.28. The lowest BCUT2D eigenvalue weighted by atomic mass is 9.78. The fourth-order valence-corrected chi connectivity index (χ4v) is 3.91. The Morgan fingerprint density at radius 3 is 2.58 bits per heavy atom. The molecule has 124 valence electrons. The van der Waals surface area contributed by atoms with Crippen LogP contribution in [0.1, 0.15) is 17.5 Å². The molecular formula is C19H20N2O2S. The molecule has 0 aliphatic rings. The fourth-order valence-electron chi connectivity index (χ4n) is 2.78. The number of benzene rings is 2. The number of rotatable bonds is 6. The van der Waals surface area contributed by atoms with Crippen LogP contribution in [0, 0.1) is 0 Å². The summed E-state index contributed by atoms with van der Waals surface area (Å²) in [6.45, 7) is 2.11. The van der Waals surface area contributed by atoms with Crippen molar-refractivity contribution in [1.29, 1.82) is 0 Å². The van der Waals surface area contributed by atoms with Crippen molar-refractivity contribution < 1.29 is 9.90 Å². The standard InChI is InChI=1S/C19H20N2O2S/c1-19(18(23)20-11-12-22,14-7-3-2-4-8-14)13-17-21-15-9-5-6-10-16(15)24-17/h2-10,22H,11-13H2,1H3,(H,20,23). The number of carbonyl (C=O) groups is 1. The molecule has 1 heterocycles. The van der Waals surface area contributed by atoms with Crippen LogP contribution in [0.4, 0.5) is 0 Å². The molecule has 5 heteroatoms. The second kappa shape index (κ2) is 7.11. The maximum absolute atomic E-state index is 12.8. The predicted molar refractivity (Wildman–Crippen MR) is 97.2 cm³/mol. The van der Waals surface area contributed by atoms with E-state index in [1.165, 1.54) is 0 Å². The highest BCUT2D eigenvalue weighted by atomic mass is 32.1. The van der Waals surface area contributed by atoms with Crippen molar-refractivity contribution in [3.05, 3.63) is 65.2 Å². The van der Waals surface area contributed by atoms with E-state index in [0.717, 1.165) is 20.8 Å². The smallest absolute Gasteiger partial charge is 0.230 e. The monoisotopic (exact) mass is 340 g/mol. The van der Waals surface area contributed by atoms with Crippen molar-refractivity contribution in [3.8, 4) is 0 Å². The summed E-state index contributed by atoms with van der Waals surface area (Å²) in [6.07, 6.45) is 0.521. The third kappa shape index (κ3) is 3.32. The molecule has 3 rings (SSSR count). The van der Waals surface area contributed by atoms with Crippen LogP contribution < -0.4 is 5.32 Å². The molecule has 0 aliphatic heterocycles. The lowest BCUT2D eigenvalue weighted by Crippen LogP contribution is -2.44. The van der Waals surface area contributed by atoms with Crippen LogP contribution >= 0.6 is 11.3 Å². The molecule has 0 bridgehead atoms. The third-order valence-corrected chi connectivity index (χ3v) is 5.19. The van der Waals surface area contributed by atoms with Gasteiger partial charge in [-0.25, -0.2) is 4.98 Å². The van der Waals surface area contributed by atoms with E-state index in [4.69, 9.17) is 5.11 Å². The zero-order chi connectivity index (χ0) is 17.0. The highest BCUT2D eigenvalue weighted by Gasteiger charge is 2.36. The zero-order valence-electron chi connectivity index (χ0n) is 13.5. The number of aliphatic hydroxyl groups is 1. The van der Waals surface area contributed by atoms with Gasteiger partial charge in [-0.3, -0.25) is 4.79 Å². The van der Waals surface area contributed by atoms with Crippen molar-refractivity contribution in [3.63, 3.8) is 0 Å². The molecule has 1 unspecified atom stereocenters. The summed E-state index contributed by atoms with van der Waals surface area (Å²) in [5.74, 6) is -0.0954. The number of thiazole rings is 1. The Bertz CT molecular complexity index is 799. The highest BCUT2D eigenvalue weighted by molar-refractivity contribution is 7.18. The van der Waals surface area contributed by atoms with Gasteiger partial charge in [-0.05, 0) is 24.6 Å². The molecule has 1 atom stereocenters. The fraction of sp³-hybridized carbons (Fsp3) is 0.263. The molecule has 0 fully saturated rings. The minimum absolute atomic E-state index is 0.0717. The number of hydrogen-bond donors (Lipinski definition) is 2. The molecule has 0 spiro atoms. The topological polar surface area (TPSA) is 62.2 Å². The maximum atomic E-state index is 12.8. The van der Waals surface area contributed by atoms with Crippen LogP contribution in [-0.4, -0.2) is 29.1 Å². The molecule has 2 aromatic carbocycles. The van der Waals surface area contributed by atoms with Crippen molar-refractivity contribution in [2.45, 2.75) is 18.8 Å². The number of para-hydroxylation sites is 1. The molecule has 24 heavy (non-hydrogen) atoms. The van der Waals surface area contributed by atoms with E-state index in [1.807, 2.05) is 61.5 Å². The SMILES string of the molecule is CC(Cc1nc2ccccc2s1)(C(=O)NCCO)c1ccccc1. The number of nitrogens with zero attached hydrogens (tertiary/aromatic N) is 1. The molecule has 3 aromatic rings. The van der Waals surface area contributed by atoms with E-state index in [1.54, 1.807) is 11.3 Å². The van der Waals surface area contributed by atoms with Gasteiger partial charge in [0.2, 0.25) is 5.91 Å². The highest BCUT2D eigenvalue weighted by Crippen LogP contribution is 2.32. The van der Waals surface area contributed by atoms with E-state index in [-0.39, 0.29) is 19.1 Å². The number of aromatic nitrogens is 1. The van der Waals surface area contributed by atoms with Gasteiger partial charge in [-0.15, -0.1) is 11.3 Å². The van der Waals surface area contributed by atoms with Crippen molar-refractivity contribution in [2.24, 2.45) is 0 Å². The molecule has 0 radical (unpaired) electrons. The van der Waals surface area contributed by atoms with Crippen molar-refractivity contribution >= 4 is 27.5 Å². The van der Waals surface area contributed by atoms with E-state index in [9.17, 15) is 4.79 Å². The van der Waals surface area contributed by atoms with Gasteiger partial charge in [0.15, 0.2) is 0 Å². The van der Waals surface area contributed by atoms with Crippen LogP contribution in [0.3, 0.4) is 0 Å². The summed E-state index contributed by atoms with van der Waals surface area (Å²) in [4.78, 5) is 17.5. The van der Waals surface area contributed by atoms with Gasteiger partial charge in [0, 0.05) is 13.0 Å². The Morgan fingerprint density at radius 1 is 1.17 bits per heavy atom. The van der Waals surface area contributed by atoms with Gasteiger partial charge in [0.25, 0.3) is 0 Å². The first-order valence-electron chi connectivity index (χ1n) is 7.92. The van der Waals surface area contributed by atoms with Gasteiger partial charge in [-0.2, -0.15) is 0 Å². The van der Waals surface area contributed by atoms with E-state index in [2.05, 4.69) is 10.3 Å². The van der Waals surface area contributed by atoms with Crippen LogP contribution in [0.2, 0.25) is 0 Å². The Kier molecular flexibility index (Phi) is 4.92. The number of fused-ring (bicyclic) bond motifs is 1. The summed E-state index contributed by atoms with van der Waals surface area (Å²) in [7, 11) is 0. The first-order chi connectivity index (χ1) is 11.6. The predicted octanol–water partition coefficient (Wildman–Crippen LogP) is 2.91. The number of carbonyl (C=O) groups excluding carboxylic acids is 1. The van der Waals surface area contributed by atoms with Crippen LogP contribution in [0.15, 0.2) is 54.6 Å². The summed E-state index contributed by atoms with van der Waals surface area (Å²) < 4.78 is 1.12. The first kappa shape index (κ1) is 16.6. The average molecular weight is 340 g/mol. The quantitative estimate of drug-likeness (QED) is 0.725. The van der Waals surface area contributed by atoms with Crippen LogP contribution in [0.25, 0.3) is 10.2 Å². The molecule has 1 aromatic heterocycles. The third-order valence-electron chi connectivity index (χ3n) is 4.15. The van der Waals surface area contributed by atoms with Gasteiger partial charge < -0.3 is 10.4 Å². The number of nitrogens with one attached hydrogen (secondary N) is 1. The Morgan fingerprint density at radius 2 is 1.88 bits per heavy atom. The Hall–Kier alpha value is -2.24. The summed E-state index contributed by atoms with van der Waals surface area (Å²) >= 11 is 1.62. The molecule has 0 saturated heterocycles. The van der Waals surface area contributed by atoms with E-state index < -0.39 is 5.41 Å². The van der Waals surface area contributed by atoms with Gasteiger partial charge in [-0.1, -0.05) is 42.5 Å². The minimum atomic E-state index is -0.732. The van der Waals surface area contributed by atoms with Crippen molar-refractivity contribution in [1.82, 2.24) is 10.3 Å². The largest absolute Gasteiger partial charge is 0.395 e. The Balaban J connectivity index is 1.96. The molecular weight excluding hydrogens is 320 g/mol. The minimum Gasteiger partial charge on any atom is -0.395 e. The Labute approximate surface area is 145 Å². The lowest BCUT2D eigenvalue weighted by molar-refractivity contribution is -0.126. The zero-order valence-corrected chi connectivity index (χ0v) is 14.3. The van der Waals surface area contributed by atoms with Gasteiger partial charge in [0.1, 0.15) is 0 Å². The molecule has 2 N–H and O–H groups in total. The van der Waals surface area contributed by atoms with Crippen LogP contribution in [0.5, 0.6) is 0 Å². The molecule has 1 amide bonds. The summed E-state index contributed by atoms with van der Waals surface area (Å²) in [5, 5.41) is 12.8.